The number of amides is 1. The maximum atomic E-state index is 11.9. The molecule has 0 spiro atoms. The number of nitrogens with zero attached hydrogens (tertiary/aromatic N) is 2. The van der Waals surface area contributed by atoms with Crippen LogP contribution in [0.2, 0.25) is 0 Å². The monoisotopic (exact) mass is 402 g/mol. The fourth-order valence-electron chi connectivity index (χ4n) is 2.48. The molecule has 146 valence electrons. The number of anilines is 1. The molecule has 0 aliphatic rings. The van der Waals surface area contributed by atoms with Crippen LogP contribution in [0.3, 0.4) is 0 Å². The van der Waals surface area contributed by atoms with Crippen LogP contribution in [0.25, 0.3) is 0 Å². The highest BCUT2D eigenvalue weighted by atomic mass is 35.5. The van der Waals surface area contributed by atoms with Crippen molar-refractivity contribution in [2.45, 2.75) is 26.3 Å². The minimum Gasteiger partial charge on any atom is -0.383 e. The molecule has 0 bridgehead atoms. The predicted octanol–water partition coefficient (Wildman–Crippen LogP) is 3.07. The van der Waals surface area contributed by atoms with E-state index in [1.807, 2.05) is 30.6 Å². The quantitative estimate of drug-likeness (QED) is 0.632. The number of benzene rings is 1. The first-order valence-electron chi connectivity index (χ1n) is 8.19. The average molecular weight is 403 g/mol. The zero-order chi connectivity index (χ0) is 17.4. The first kappa shape index (κ1) is 24.4. The van der Waals surface area contributed by atoms with Crippen molar-refractivity contribution in [1.29, 1.82) is 0 Å². The van der Waals surface area contributed by atoms with E-state index in [-0.39, 0.29) is 37.3 Å². The average Bonchev–Trinajstić information content (AvgIpc) is 3.00. The molecule has 2 N–H and O–H groups in total. The van der Waals surface area contributed by atoms with Gasteiger partial charge in [0.1, 0.15) is 5.82 Å². The Bertz CT molecular complexity index is 662. The molecule has 0 saturated heterocycles. The van der Waals surface area contributed by atoms with Crippen molar-refractivity contribution in [2.75, 3.05) is 32.1 Å². The second-order valence-electron chi connectivity index (χ2n) is 5.99. The van der Waals surface area contributed by atoms with Gasteiger partial charge in [0.25, 0.3) is 0 Å². The summed E-state index contributed by atoms with van der Waals surface area (Å²) in [5.41, 5.74) is 1.93. The maximum Gasteiger partial charge on any atom is 0.238 e. The summed E-state index contributed by atoms with van der Waals surface area (Å²) in [6.07, 6.45) is 3.81. The molecule has 26 heavy (non-hydrogen) atoms. The van der Waals surface area contributed by atoms with E-state index in [1.165, 1.54) is 0 Å². The molecule has 0 radical (unpaired) electrons. The van der Waals surface area contributed by atoms with E-state index >= 15 is 0 Å². The summed E-state index contributed by atoms with van der Waals surface area (Å²) in [5, 5.41) is 5.94. The number of hydrogen-bond acceptors (Lipinski definition) is 4. The minimum atomic E-state index is -0.0613. The number of halogens is 2. The van der Waals surface area contributed by atoms with Gasteiger partial charge in [-0.2, -0.15) is 0 Å². The second kappa shape index (κ2) is 12.7. The standard InChI is InChI=1S/C18H26N4O2.2ClH/c1-14(2)18-20-7-9-22(18)13-15-5-4-6-16(11-15)21-17(23)12-19-8-10-24-3;;/h4-7,9,11,14,19H,8,10,12-13H2,1-3H3,(H,21,23);2*1H. The summed E-state index contributed by atoms with van der Waals surface area (Å²) in [6, 6.07) is 7.90. The molecule has 2 rings (SSSR count). The number of imidazole rings is 1. The fourth-order valence-corrected chi connectivity index (χ4v) is 2.48. The lowest BCUT2D eigenvalue weighted by atomic mass is 10.1. The van der Waals surface area contributed by atoms with E-state index in [9.17, 15) is 4.79 Å². The molecule has 2 aromatic rings. The van der Waals surface area contributed by atoms with Crippen LogP contribution in [-0.4, -0.2) is 42.3 Å². The lowest BCUT2D eigenvalue weighted by Crippen LogP contribution is -2.30. The van der Waals surface area contributed by atoms with Crippen molar-refractivity contribution in [2.24, 2.45) is 0 Å². The molecule has 1 aromatic heterocycles. The van der Waals surface area contributed by atoms with Crippen LogP contribution in [0.1, 0.15) is 31.2 Å². The number of nitrogens with one attached hydrogen (secondary N) is 2. The smallest absolute Gasteiger partial charge is 0.238 e. The summed E-state index contributed by atoms with van der Waals surface area (Å²) in [7, 11) is 1.64. The van der Waals surface area contributed by atoms with Gasteiger partial charge in [-0.3, -0.25) is 4.79 Å². The summed E-state index contributed by atoms with van der Waals surface area (Å²) >= 11 is 0. The van der Waals surface area contributed by atoms with Crippen molar-refractivity contribution in [1.82, 2.24) is 14.9 Å². The molecule has 1 amide bonds. The van der Waals surface area contributed by atoms with Gasteiger partial charge in [-0.05, 0) is 17.7 Å². The van der Waals surface area contributed by atoms with Gasteiger partial charge in [-0.25, -0.2) is 4.98 Å². The third-order valence-electron chi connectivity index (χ3n) is 3.60. The molecule has 6 nitrogen and oxygen atoms in total. The SMILES string of the molecule is COCCNCC(=O)Nc1cccc(Cn2ccnc2C(C)C)c1.Cl.Cl. The van der Waals surface area contributed by atoms with Crippen LogP contribution in [0.15, 0.2) is 36.7 Å². The molecule has 1 aromatic carbocycles. The highest BCUT2D eigenvalue weighted by Gasteiger charge is 2.08. The molecule has 0 fully saturated rings. The highest BCUT2D eigenvalue weighted by molar-refractivity contribution is 5.92. The molecule has 0 aliphatic carbocycles. The van der Waals surface area contributed by atoms with Crippen molar-refractivity contribution in [3.63, 3.8) is 0 Å². The van der Waals surface area contributed by atoms with Crippen LogP contribution in [0.5, 0.6) is 0 Å². The van der Waals surface area contributed by atoms with Crippen molar-refractivity contribution >= 4 is 36.4 Å². The Labute approximate surface area is 167 Å². The molecular weight excluding hydrogens is 375 g/mol. The van der Waals surface area contributed by atoms with E-state index in [0.717, 1.165) is 23.6 Å². The van der Waals surface area contributed by atoms with Gasteiger partial charge in [0.15, 0.2) is 0 Å². The third kappa shape index (κ3) is 7.74. The zero-order valence-corrected chi connectivity index (χ0v) is 17.0. The Morgan fingerprint density at radius 2 is 2.08 bits per heavy atom. The van der Waals surface area contributed by atoms with Gasteiger partial charge in [-0.15, -0.1) is 24.8 Å². The van der Waals surface area contributed by atoms with Crippen LogP contribution in [0, 0.1) is 0 Å². The number of rotatable bonds is 9. The van der Waals surface area contributed by atoms with E-state index in [0.29, 0.717) is 19.1 Å². The fraction of sp³-hybridized carbons (Fsp3) is 0.444. The Hall–Kier alpha value is -1.60. The first-order valence-corrected chi connectivity index (χ1v) is 8.19. The molecule has 0 atom stereocenters. The molecule has 8 heteroatoms. The molecule has 0 unspecified atom stereocenters. The number of carbonyl (C=O) groups is 1. The number of hydrogen-bond donors (Lipinski definition) is 2. The largest absolute Gasteiger partial charge is 0.383 e. The van der Waals surface area contributed by atoms with Gasteiger partial charge in [0.2, 0.25) is 5.91 Å². The van der Waals surface area contributed by atoms with Gasteiger partial charge >= 0.3 is 0 Å². The van der Waals surface area contributed by atoms with Gasteiger partial charge in [0.05, 0.1) is 13.2 Å². The Morgan fingerprint density at radius 1 is 1.31 bits per heavy atom. The lowest BCUT2D eigenvalue weighted by Gasteiger charge is -2.12. The predicted molar refractivity (Wildman–Crippen MR) is 110 cm³/mol. The van der Waals surface area contributed by atoms with Gasteiger partial charge < -0.3 is 19.9 Å². The van der Waals surface area contributed by atoms with Crippen molar-refractivity contribution in [3.05, 3.63) is 48.0 Å². The minimum absolute atomic E-state index is 0. The lowest BCUT2D eigenvalue weighted by molar-refractivity contribution is -0.115. The number of aromatic nitrogens is 2. The number of ether oxygens (including phenoxy) is 1. The van der Waals surface area contributed by atoms with Crippen LogP contribution in [-0.2, 0) is 16.1 Å². The summed E-state index contributed by atoms with van der Waals surface area (Å²) in [6.45, 7) is 6.52. The normalized spacial score (nSPS) is 10.2. The highest BCUT2D eigenvalue weighted by Crippen LogP contribution is 2.16. The van der Waals surface area contributed by atoms with Gasteiger partial charge in [-0.1, -0.05) is 26.0 Å². The third-order valence-corrected chi connectivity index (χ3v) is 3.60. The van der Waals surface area contributed by atoms with Crippen molar-refractivity contribution in [3.8, 4) is 0 Å². The maximum absolute atomic E-state index is 11.9. The first-order chi connectivity index (χ1) is 11.6. The zero-order valence-electron chi connectivity index (χ0n) is 15.4. The topological polar surface area (TPSA) is 68.2 Å². The molecule has 1 heterocycles. The second-order valence-corrected chi connectivity index (χ2v) is 5.99. The van der Waals surface area contributed by atoms with E-state index in [2.05, 4.69) is 40.1 Å². The Balaban J connectivity index is 0.00000312. The van der Waals surface area contributed by atoms with Crippen molar-refractivity contribution < 1.29 is 9.53 Å². The molecular formula is C18H28Cl2N4O2. The number of methoxy groups -OCH3 is 1. The van der Waals surface area contributed by atoms with Crippen LogP contribution in [0.4, 0.5) is 5.69 Å². The summed E-state index contributed by atoms with van der Waals surface area (Å²) in [5.74, 6) is 1.38. The summed E-state index contributed by atoms with van der Waals surface area (Å²) in [4.78, 5) is 16.3. The molecule has 0 aliphatic heterocycles. The van der Waals surface area contributed by atoms with E-state index in [4.69, 9.17) is 4.74 Å². The van der Waals surface area contributed by atoms with Gasteiger partial charge in [0, 0.05) is 44.2 Å². The van der Waals surface area contributed by atoms with E-state index in [1.54, 1.807) is 7.11 Å². The van der Waals surface area contributed by atoms with Crippen LogP contribution < -0.4 is 10.6 Å². The van der Waals surface area contributed by atoms with E-state index < -0.39 is 0 Å². The summed E-state index contributed by atoms with van der Waals surface area (Å²) < 4.78 is 7.07. The Kier molecular flexibility index (Phi) is 11.9. The molecule has 0 saturated carbocycles. The number of carbonyl (C=O) groups excluding carboxylic acids is 1. The van der Waals surface area contributed by atoms with Crippen LogP contribution >= 0.6 is 24.8 Å². The Morgan fingerprint density at radius 3 is 2.77 bits per heavy atom.